The molecule has 2 aliphatic rings. The van der Waals surface area contributed by atoms with Crippen LogP contribution in [0.5, 0.6) is 0 Å². The average molecular weight is 661 g/mol. The molecular formula is C39H34ClFN4O3. The number of carbonyl (C=O) groups is 3. The summed E-state index contributed by atoms with van der Waals surface area (Å²) in [5.41, 5.74) is 7.33. The third-order valence-electron chi connectivity index (χ3n) is 8.80. The Morgan fingerprint density at radius 1 is 0.750 bits per heavy atom. The van der Waals surface area contributed by atoms with Gasteiger partial charge in [-0.2, -0.15) is 0 Å². The highest BCUT2D eigenvalue weighted by Crippen LogP contribution is 2.41. The molecule has 1 atom stereocenters. The first-order valence-corrected chi connectivity index (χ1v) is 15.7. The first kappa shape index (κ1) is 32.6. The van der Waals surface area contributed by atoms with Crippen molar-refractivity contribution in [1.29, 1.82) is 0 Å². The lowest BCUT2D eigenvalue weighted by Crippen LogP contribution is -2.43. The molecule has 5 aromatic rings. The summed E-state index contributed by atoms with van der Waals surface area (Å²) in [6.45, 7) is 1.58. The van der Waals surface area contributed by atoms with E-state index in [1.165, 1.54) is 6.07 Å². The summed E-state index contributed by atoms with van der Waals surface area (Å²) in [4.78, 5) is 45.5. The molecule has 242 valence electrons. The molecule has 0 aliphatic carbocycles. The van der Waals surface area contributed by atoms with Crippen molar-refractivity contribution in [2.75, 3.05) is 9.80 Å². The Hall–Kier alpha value is -5.31. The van der Waals surface area contributed by atoms with Crippen molar-refractivity contribution in [3.63, 3.8) is 0 Å². The van der Waals surface area contributed by atoms with Crippen LogP contribution in [0.2, 0.25) is 0 Å². The number of fused-ring (bicyclic) bond motifs is 2. The highest BCUT2D eigenvalue weighted by molar-refractivity contribution is 6.21. The molecule has 48 heavy (non-hydrogen) atoms. The van der Waals surface area contributed by atoms with Crippen LogP contribution in [0.15, 0.2) is 121 Å². The number of hydrogen-bond acceptors (Lipinski definition) is 4. The van der Waals surface area contributed by atoms with Crippen LogP contribution in [0.1, 0.15) is 28.7 Å². The van der Waals surface area contributed by atoms with Crippen molar-refractivity contribution in [1.82, 2.24) is 10.6 Å². The lowest BCUT2D eigenvalue weighted by Gasteiger charge is -2.26. The van der Waals surface area contributed by atoms with E-state index in [9.17, 15) is 18.8 Å². The maximum absolute atomic E-state index is 14.5. The Morgan fingerprint density at radius 3 is 2.19 bits per heavy atom. The fourth-order valence-corrected chi connectivity index (χ4v) is 6.30. The normalized spacial score (nSPS) is 15.3. The largest absolute Gasteiger partial charge is 0.352 e. The molecular weight excluding hydrogens is 627 g/mol. The average Bonchev–Trinajstić information content (AvgIpc) is 3.56. The maximum Gasteiger partial charge on any atom is 0.244 e. The molecule has 0 aromatic heterocycles. The van der Waals surface area contributed by atoms with Gasteiger partial charge in [0.15, 0.2) is 0 Å². The first-order chi connectivity index (χ1) is 23.0. The van der Waals surface area contributed by atoms with Gasteiger partial charge in [0, 0.05) is 37.3 Å². The Balaban J connectivity index is 0.00000401. The molecule has 0 radical (unpaired) electrons. The van der Waals surface area contributed by atoms with E-state index in [2.05, 4.69) is 10.6 Å². The van der Waals surface area contributed by atoms with Crippen LogP contribution in [0.25, 0.3) is 11.1 Å². The number of benzene rings is 5. The van der Waals surface area contributed by atoms with Crippen LogP contribution in [0.4, 0.5) is 21.5 Å². The Morgan fingerprint density at radius 2 is 1.42 bits per heavy atom. The van der Waals surface area contributed by atoms with E-state index in [0.717, 1.165) is 34.4 Å². The van der Waals surface area contributed by atoms with Gasteiger partial charge in [0.1, 0.15) is 11.7 Å². The second kappa shape index (κ2) is 14.2. The summed E-state index contributed by atoms with van der Waals surface area (Å²) in [5.74, 6) is -3.22. The first-order valence-electron chi connectivity index (χ1n) is 15.7. The van der Waals surface area contributed by atoms with Crippen molar-refractivity contribution >= 4 is 47.2 Å². The second-order valence-electron chi connectivity index (χ2n) is 11.8. The number of halogens is 2. The van der Waals surface area contributed by atoms with E-state index in [1.807, 2.05) is 97.1 Å². The summed E-state index contributed by atoms with van der Waals surface area (Å²) >= 11 is 0. The number of amides is 3. The number of hydrogen-bond donors (Lipinski definition) is 2. The van der Waals surface area contributed by atoms with Gasteiger partial charge in [-0.15, -0.1) is 12.4 Å². The van der Waals surface area contributed by atoms with E-state index in [-0.39, 0.29) is 31.9 Å². The molecule has 3 amide bonds. The number of para-hydroxylation sites is 2. The Kier molecular flexibility index (Phi) is 9.66. The fraction of sp³-hybridized carbons (Fsp3) is 0.154. The van der Waals surface area contributed by atoms with E-state index in [0.29, 0.717) is 29.2 Å². The maximum atomic E-state index is 14.5. The Bertz CT molecular complexity index is 1970. The number of carbonyl (C=O) groups excluding carboxylic acids is 3. The van der Waals surface area contributed by atoms with Gasteiger partial charge in [-0.3, -0.25) is 19.3 Å². The summed E-state index contributed by atoms with van der Waals surface area (Å²) in [6.07, 6.45) is -0.382. The van der Waals surface area contributed by atoms with Crippen LogP contribution < -0.4 is 20.4 Å². The van der Waals surface area contributed by atoms with Crippen molar-refractivity contribution < 1.29 is 18.8 Å². The molecule has 0 saturated carbocycles. The second-order valence-corrected chi connectivity index (χ2v) is 11.8. The van der Waals surface area contributed by atoms with E-state index >= 15 is 0 Å². The van der Waals surface area contributed by atoms with Crippen LogP contribution in [-0.2, 0) is 40.6 Å². The summed E-state index contributed by atoms with van der Waals surface area (Å²) in [7, 11) is 0. The lowest BCUT2D eigenvalue weighted by molar-refractivity contribution is -0.136. The number of rotatable bonds is 8. The van der Waals surface area contributed by atoms with Crippen LogP contribution >= 0.6 is 12.4 Å². The minimum atomic E-state index is -1.31. The Labute approximate surface area is 284 Å². The van der Waals surface area contributed by atoms with E-state index < -0.39 is 29.5 Å². The van der Waals surface area contributed by atoms with Crippen LogP contribution in [-0.4, -0.2) is 17.7 Å². The molecule has 5 aromatic carbocycles. The van der Waals surface area contributed by atoms with Gasteiger partial charge in [0.2, 0.25) is 17.7 Å². The van der Waals surface area contributed by atoms with Crippen molar-refractivity contribution in [2.24, 2.45) is 5.92 Å². The molecule has 0 bridgehead atoms. The molecule has 0 saturated heterocycles. The minimum Gasteiger partial charge on any atom is -0.352 e. The zero-order valence-electron chi connectivity index (χ0n) is 26.1. The fourth-order valence-electron chi connectivity index (χ4n) is 6.30. The smallest absolute Gasteiger partial charge is 0.244 e. The van der Waals surface area contributed by atoms with E-state index in [1.54, 1.807) is 28.0 Å². The predicted octanol–water partition coefficient (Wildman–Crippen LogP) is 7.05. The quantitative estimate of drug-likeness (QED) is 0.175. The summed E-state index contributed by atoms with van der Waals surface area (Å²) in [5, 5.41) is 6.05. The zero-order valence-corrected chi connectivity index (χ0v) is 26.9. The molecule has 0 spiro atoms. The van der Waals surface area contributed by atoms with Gasteiger partial charge < -0.3 is 15.5 Å². The van der Waals surface area contributed by atoms with Gasteiger partial charge in [-0.1, -0.05) is 91.0 Å². The third-order valence-corrected chi connectivity index (χ3v) is 8.80. The zero-order chi connectivity index (χ0) is 32.3. The standard InChI is InChI=1S/C39H33FN4O3.ClH/c40-34-11-5-4-10-30(34)24-42-37(45)21-33-38(46)43(25-26-14-16-28(17-15-26)27-8-2-1-3-9-27)35-12-6-7-13-36(35)44(39(33)47)32-19-18-29-22-41-23-31(29)20-32;/h1-20,33,41H,21-25H2,(H,42,45);1H. The summed E-state index contributed by atoms with van der Waals surface area (Å²) in [6, 6.07) is 37.4. The number of nitrogens with one attached hydrogen (secondary N) is 2. The third kappa shape index (κ3) is 6.58. The highest BCUT2D eigenvalue weighted by Gasteiger charge is 2.42. The molecule has 9 heteroatoms. The molecule has 2 N–H and O–H groups in total. The van der Waals surface area contributed by atoms with Crippen LogP contribution in [0.3, 0.4) is 0 Å². The van der Waals surface area contributed by atoms with Crippen LogP contribution in [0, 0.1) is 11.7 Å². The topological polar surface area (TPSA) is 81.8 Å². The summed E-state index contributed by atoms with van der Waals surface area (Å²) < 4.78 is 14.3. The molecule has 0 fully saturated rings. The SMILES string of the molecule is Cl.O=C(CC1C(=O)N(Cc2ccc(-c3ccccc3)cc2)c2ccccc2N(c2ccc3c(c2)CNC3)C1=O)NCc1ccccc1F. The predicted molar refractivity (Wildman–Crippen MR) is 187 cm³/mol. The molecule has 2 heterocycles. The molecule has 1 unspecified atom stereocenters. The van der Waals surface area contributed by atoms with Gasteiger partial charge in [-0.25, -0.2) is 4.39 Å². The monoisotopic (exact) mass is 660 g/mol. The molecule has 7 nitrogen and oxygen atoms in total. The number of anilines is 3. The van der Waals surface area contributed by atoms with Gasteiger partial charge in [0.25, 0.3) is 0 Å². The molecule has 7 rings (SSSR count). The van der Waals surface area contributed by atoms with Gasteiger partial charge in [-0.05, 0) is 58.1 Å². The van der Waals surface area contributed by atoms with E-state index in [4.69, 9.17) is 0 Å². The lowest BCUT2D eigenvalue weighted by atomic mass is 10.00. The highest BCUT2D eigenvalue weighted by atomic mass is 35.5. The van der Waals surface area contributed by atoms with Crippen molar-refractivity contribution in [3.05, 3.63) is 149 Å². The molecule has 2 aliphatic heterocycles. The van der Waals surface area contributed by atoms with Gasteiger partial charge in [0.05, 0.1) is 17.9 Å². The minimum absolute atomic E-state index is 0. The van der Waals surface area contributed by atoms with Crippen molar-refractivity contribution in [3.8, 4) is 11.1 Å². The van der Waals surface area contributed by atoms with Gasteiger partial charge >= 0.3 is 0 Å². The van der Waals surface area contributed by atoms with Crippen molar-refractivity contribution in [2.45, 2.75) is 32.6 Å². The number of nitrogens with zero attached hydrogens (tertiary/aromatic N) is 2.